The number of anilines is 1. The summed E-state index contributed by atoms with van der Waals surface area (Å²) in [5, 5.41) is 11.9. The second-order valence-electron chi connectivity index (χ2n) is 6.01. The van der Waals surface area contributed by atoms with Crippen LogP contribution in [-0.2, 0) is 9.53 Å². The zero-order valence-corrected chi connectivity index (χ0v) is 17.2. The Balaban J connectivity index is 1.56. The van der Waals surface area contributed by atoms with Crippen molar-refractivity contribution in [1.82, 2.24) is 14.8 Å². The SMILES string of the molecule is CCCOC(=O)c1ccc(NC(=O)CSc2nncn2-c2cccc(Cl)c2)cc1. The van der Waals surface area contributed by atoms with Crippen molar-refractivity contribution < 1.29 is 14.3 Å². The van der Waals surface area contributed by atoms with E-state index >= 15 is 0 Å². The van der Waals surface area contributed by atoms with Crippen LogP contribution in [0.1, 0.15) is 23.7 Å². The van der Waals surface area contributed by atoms with Crippen molar-refractivity contribution in [1.29, 1.82) is 0 Å². The highest BCUT2D eigenvalue weighted by Crippen LogP contribution is 2.22. The summed E-state index contributed by atoms with van der Waals surface area (Å²) in [7, 11) is 0. The van der Waals surface area contributed by atoms with Crippen molar-refractivity contribution in [3.8, 4) is 5.69 Å². The van der Waals surface area contributed by atoms with Crippen LogP contribution in [0.5, 0.6) is 0 Å². The monoisotopic (exact) mass is 430 g/mol. The highest BCUT2D eigenvalue weighted by Gasteiger charge is 2.11. The number of ether oxygens (including phenoxy) is 1. The Morgan fingerprint density at radius 2 is 2.00 bits per heavy atom. The van der Waals surface area contributed by atoms with Gasteiger partial charge < -0.3 is 10.1 Å². The number of carbonyl (C=O) groups excluding carboxylic acids is 2. The lowest BCUT2D eigenvalue weighted by atomic mass is 10.2. The van der Waals surface area contributed by atoms with Crippen LogP contribution >= 0.6 is 23.4 Å². The number of nitrogens with zero attached hydrogens (tertiary/aromatic N) is 3. The molecule has 29 heavy (non-hydrogen) atoms. The van der Waals surface area contributed by atoms with Gasteiger partial charge in [-0.2, -0.15) is 0 Å². The number of rotatable bonds is 8. The topological polar surface area (TPSA) is 86.1 Å². The molecule has 0 aliphatic heterocycles. The first kappa shape index (κ1) is 20.9. The van der Waals surface area contributed by atoms with Gasteiger partial charge in [-0.1, -0.05) is 36.4 Å². The van der Waals surface area contributed by atoms with Gasteiger partial charge in [0.25, 0.3) is 0 Å². The molecule has 3 rings (SSSR count). The lowest BCUT2D eigenvalue weighted by Gasteiger charge is -2.08. The fourth-order valence-electron chi connectivity index (χ4n) is 2.42. The summed E-state index contributed by atoms with van der Waals surface area (Å²) in [6.07, 6.45) is 2.34. The molecule has 9 heteroatoms. The predicted molar refractivity (Wildman–Crippen MR) is 113 cm³/mol. The molecule has 1 amide bonds. The summed E-state index contributed by atoms with van der Waals surface area (Å²) < 4.78 is 6.84. The third-order valence-electron chi connectivity index (χ3n) is 3.78. The molecule has 0 radical (unpaired) electrons. The number of amides is 1. The largest absolute Gasteiger partial charge is 0.462 e. The number of hydrogen-bond acceptors (Lipinski definition) is 6. The number of aromatic nitrogens is 3. The van der Waals surface area contributed by atoms with E-state index in [-0.39, 0.29) is 17.6 Å². The molecular weight excluding hydrogens is 412 g/mol. The maximum atomic E-state index is 12.3. The van der Waals surface area contributed by atoms with E-state index in [4.69, 9.17) is 16.3 Å². The molecule has 3 aromatic rings. The predicted octanol–water partition coefficient (Wildman–Crippen LogP) is 4.22. The van der Waals surface area contributed by atoms with Gasteiger partial charge in [-0.3, -0.25) is 9.36 Å². The summed E-state index contributed by atoms with van der Waals surface area (Å²) in [6.45, 7) is 2.32. The number of esters is 1. The van der Waals surface area contributed by atoms with Crippen LogP contribution in [0.25, 0.3) is 5.69 Å². The van der Waals surface area contributed by atoms with Crippen LogP contribution in [0.15, 0.2) is 60.0 Å². The number of thioether (sulfide) groups is 1. The van der Waals surface area contributed by atoms with E-state index in [9.17, 15) is 9.59 Å². The summed E-state index contributed by atoms with van der Waals surface area (Å²) in [5.74, 6) is -0.419. The molecule has 0 saturated carbocycles. The molecule has 0 unspecified atom stereocenters. The first-order valence-electron chi connectivity index (χ1n) is 8.92. The van der Waals surface area contributed by atoms with Crippen LogP contribution in [0.3, 0.4) is 0 Å². The second-order valence-corrected chi connectivity index (χ2v) is 7.39. The Labute approximate surface area is 177 Å². The number of nitrogens with one attached hydrogen (secondary N) is 1. The van der Waals surface area contributed by atoms with Gasteiger partial charge in [0.2, 0.25) is 5.91 Å². The van der Waals surface area contributed by atoms with Crippen LogP contribution in [0.4, 0.5) is 5.69 Å². The van der Waals surface area contributed by atoms with Gasteiger partial charge in [0.05, 0.1) is 23.6 Å². The van der Waals surface area contributed by atoms with Crippen LogP contribution in [0.2, 0.25) is 5.02 Å². The van der Waals surface area contributed by atoms with Crippen molar-refractivity contribution in [3.63, 3.8) is 0 Å². The van der Waals surface area contributed by atoms with Gasteiger partial charge in [0.1, 0.15) is 6.33 Å². The summed E-state index contributed by atoms with van der Waals surface area (Å²) >= 11 is 7.29. The molecule has 0 aliphatic carbocycles. The third kappa shape index (κ3) is 5.82. The highest BCUT2D eigenvalue weighted by atomic mass is 35.5. The van der Waals surface area contributed by atoms with Gasteiger partial charge in [-0.15, -0.1) is 10.2 Å². The lowest BCUT2D eigenvalue weighted by Crippen LogP contribution is -2.14. The molecule has 0 aliphatic rings. The second kappa shape index (κ2) is 10.1. The van der Waals surface area contributed by atoms with Crippen LogP contribution in [-0.4, -0.2) is 39.0 Å². The van der Waals surface area contributed by atoms with Gasteiger partial charge in [-0.05, 0) is 48.9 Å². The maximum absolute atomic E-state index is 12.3. The fourth-order valence-corrected chi connectivity index (χ4v) is 3.33. The number of benzene rings is 2. The molecular formula is C20H19ClN4O3S. The molecule has 0 fully saturated rings. The zero-order valence-electron chi connectivity index (χ0n) is 15.7. The number of hydrogen-bond donors (Lipinski definition) is 1. The minimum absolute atomic E-state index is 0.152. The van der Waals surface area contributed by atoms with Crippen molar-refractivity contribution in [2.45, 2.75) is 18.5 Å². The first-order chi connectivity index (χ1) is 14.1. The fraction of sp³-hybridized carbons (Fsp3) is 0.200. The van der Waals surface area contributed by atoms with Gasteiger partial charge in [-0.25, -0.2) is 4.79 Å². The van der Waals surface area contributed by atoms with E-state index in [2.05, 4.69) is 15.5 Å². The van der Waals surface area contributed by atoms with Crippen molar-refractivity contribution in [3.05, 3.63) is 65.4 Å². The molecule has 1 N–H and O–H groups in total. The van der Waals surface area contributed by atoms with E-state index in [1.54, 1.807) is 47.3 Å². The van der Waals surface area contributed by atoms with Gasteiger partial charge >= 0.3 is 5.97 Å². The standard InChI is InChI=1S/C20H19ClN4O3S/c1-2-10-28-19(27)14-6-8-16(9-7-14)23-18(26)12-29-20-24-22-13-25(20)17-5-3-4-15(21)11-17/h3-9,11,13H,2,10,12H2,1H3,(H,23,26). The molecule has 7 nitrogen and oxygen atoms in total. The number of carbonyl (C=O) groups is 2. The summed E-state index contributed by atoms with van der Waals surface area (Å²) in [5.41, 5.74) is 1.86. The summed E-state index contributed by atoms with van der Waals surface area (Å²) in [4.78, 5) is 24.1. The van der Waals surface area contributed by atoms with E-state index < -0.39 is 0 Å². The van der Waals surface area contributed by atoms with Gasteiger partial charge in [0.15, 0.2) is 5.16 Å². The molecule has 0 bridgehead atoms. The Hall–Kier alpha value is -2.84. The molecule has 1 heterocycles. The Morgan fingerprint density at radius 3 is 2.72 bits per heavy atom. The Kier molecular flexibility index (Phi) is 7.26. The molecule has 0 saturated heterocycles. The van der Waals surface area contributed by atoms with Crippen molar-refractivity contribution in [2.24, 2.45) is 0 Å². The van der Waals surface area contributed by atoms with Crippen molar-refractivity contribution >= 4 is 40.9 Å². The highest BCUT2D eigenvalue weighted by molar-refractivity contribution is 7.99. The minimum atomic E-state index is -0.374. The van der Waals surface area contributed by atoms with Crippen molar-refractivity contribution in [2.75, 3.05) is 17.7 Å². The quantitative estimate of drug-likeness (QED) is 0.425. The first-order valence-corrected chi connectivity index (χ1v) is 10.3. The van der Waals surface area contributed by atoms with E-state index in [1.165, 1.54) is 11.8 Å². The smallest absolute Gasteiger partial charge is 0.338 e. The average Bonchev–Trinajstić information content (AvgIpc) is 3.20. The molecule has 0 atom stereocenters. The maximum Gasteiger partial charge on any atom is 0.338 e. The van der Waals surface area contributed by atoms with Gasteiger partial charge in [0, 0.05) is 10.7 Å². The minimum Gasteiger partial charge on any atom is -0.462 e. The van der Waals surface area contributed by atoms with E-state index in [0.29, 0.717) is 28.0 Å². The Morgan fingerprint density at radius 1 is 1.21 bits per heavy atom. The third-order valence-corrected chi connectivity index (χ3v) is 4.96. The van der Waals surface area contributed by atoms with Crippen LogP contribution in [0, 0.1) is 0 Å². The number of halogens is 1. The molecule has 0 spiro atoms. The van der Waals surface area contributed by atoms with E-state index in [1.807, 2.05) is 19.1 Å². The molecule has 150 valence electrons. The Bertz CT molecular complexity index is 991. The van der Waals surface area contributed by atoms with Crippen LogP contribution < -0.4 is 5.32 Å². The lowest BCUT2D eigenvalue weighted by molar-refractivity contribution is -0.113. The average molecular weight is 431 g/mol. The zero-order chi connectivity index (χ0) is 20.6. The van der Waals surface area contributed by atoms with E-state index in [0.717, 1.165) is 12.1 Å². The molecule has 2 aromatic carbocycles. The summed E-state index contributed by atoms with van der Waals surface area (Å²) in [6, 6.07) is 13.9. The normalized spacial score (nSPS) is 10.6. The molecule has 1 aromatic heterocycles.